The summed E-state index contributed by atoms with van der Waals surface area (Å²) in [4.78, 5) is 13.1. The molecule has 0 aromatic rings. The van der Waals surface area contributed by atoms with Crippen molar-refractivity contribution >= 4 is 5.91 Å². The van der Waals surface area contributed by atoms with Gasteiger partial charge in [0.2, 0.25) is 5.91 Å². The number of unbranched alkanes of at least 4 members (excludes halogenated alkanes) is 13. The minimum Gasteiger partial charge on any atom is -0.394 e. The number of carbonyl (C=O) groups excluding carboxylic acids is 1. The van der Waals surface area contributed by atoms with Gasteiger partial charge in [-0.05, 0) is 38.5 Å². The number of allylic oxidation sites excluding steroid dienone is 3. The number of rotatable bonds is 31. The lowest BCUT2D eigenvalue weighted by Gasteiger charge is -2.48. The summed E-state index contributed by atoms with van der Waals surface area (Å²) >= 11 is 0. The van der Waals surface area contributed by atoms with Crippen LogP contribution in [-0.2, 0) is 33.2 Å². The lowest BCUT2D eigenvalue weighted by Crippen LogP contribution is -2.66. The summed E-state index contributed by atoms with van der Waals surface area (Å²) in [6.45, 7) is 1.56. The number of hydrogen-bond acceptors (Lipinski definition) is 18. The molecule has 3 saturated heterocycles. The molecule has 3 fully saturated rings. The van der Waals surface area contributed by atoms with Crippen molar-refractivity contribution in [3.63, 3.8) is 0 Å². The van der Waals surface area contributed by atoms with Gasteiger partial charge < -0.3 is 89.9 Å². The molecule has 19 heteroatoms. The van der Waals surface area contributed by atoms with E-state index in [0.29, 0.717) is 6.42 Å². The fourth-order valence-electron chi connectivity index (χ4n) is 7.93. The Labute approximate surface area is 378 Å². The number of amides is 1. The van der Waals surface area contributed by atoms with Gasteiger partial charge in [0.1, 0.15) is 73.2 Å². The van der Waals surface area contributed by atoms with E-state index in [1.54, 1.807) is 6.08 Å². The Balaban J connectivity index is 1.59. The molecule has 0 aromatic heterocycles. The van der Waals surface area contributed by atoms with Gasteiger partial charge in [-0.3, -0.25) is 4.79 Å². The summed E-state index contributed by atoms with van der Waals surface area (Å²) in [7, 11) is 0. The number of carbonyl (C=O) groups is 1. The van der Waals surface area contributed by atoms with E-state index in [-0.39, 0.29) is 18.9 Å². The molecule has 1 amide bonds. The smallest absolute Gasteiger partial charge is 0.220 e. The lowest BCUT2D eigenvalue weighted by molar-refractivity contribution is -0.379. The highest BCUT2D eigenvalue weighted by Crippen LogP contribution is 2.33. The summed E-state index contributed by atoms with van der Waals surface area (Å²) in [5.41, 5.74) is 0. The van der Waals surface area contributed by atoms with Crippen molar-refractivity contribution in [3.8, 4) is 0 Å². The summed E-state index contributed by atoms with van der Waals surface area (Å²) in [6, 6.07) is -0.969. The van der Waals surface area contributed by atoms with Crippen LogP contribution < -0.4 is 5.32 Å². The maximum absolute atomic E-state index is 13.1. The van der Waals surface area contributed by atoms with E-state index < -0.39 is 124 Å². The maximum Gasteiger partial charge on any atom is 0.220 e. The van der Waals surface area contributed by atoms with Crippen LogP contribution >= 0.6 is 0 Å². The van der Waals surface area contributed by atoms with Crippen molar-refractivity contribution in [3.05, 3.63) is 24.3 Å². The van der Waals surface area contributed by atoms with Crippen LogP contribution in [0.2, 0.25) is 0 Å². The summed E-state index contributed by atoms with van der Waals surface area (Å²) in [5, 5.41) is 119. The molecular weight excluding hydrogens is 842 g/mol. The molecule has 0 saturated carbocycles. The predicted molar refractivity (Wildman–Crippen MR) is 231 cm³/mol. The highest BCUT2D eigenvalue weighted by atomic mass is 16.8. The molecule has 3 aliphatic heterocycles. The molecule has 0 spiro atoms. The Morgan fingerprint density at radius 1 is 0.547 bits per heavy atom. The van der Waals surface area contributed by atoms with Crippen molar-refractivity contribution in [2.75, 3.05) is 26.4 Å². The van der Waals surface area contributed by atoms with Crippen molar-refractivity contribution in [2.24, 2.45) is 0 Å². The number of ether oxygens (including phenoxy) is 6. The molecule has 3 rings (SSSR count). The molecule has 12 N–H and O–H groups in total. The van der Waals surface area contributed by atoms with Crippen molar-refractivity contribution in [1.29, 1.82) is 0 Å². The number of aliphatic hydroxyl groups is 11. The van der Waals surface area contributed by atoms with E-state index in [1.165, 1.54) is 25.7 Å². The third-order valence-electron chi connectivity index (χ3n) is 12.0. The topological polar surface area (TPSA) is 307 Å². The van der Waals surface area contributed by atoms with E-state index in [2.05, 4.69) is 31.3 Å². The fourth-order valence-corrected chi connectivity index (χ4v) is 7.93. The van der Waals surface area contributed by atoms with Crippen molar-refractivity contribution in [1.82, 2.24) is 5.32 Å². The first-order valence-electron chi connectivity index (χ1n) is 23.6. The van der Waals surface area contributed by atoms with Gasteiger partial charge in [0, 0.05) is 6.42 Å². The molecule has 3 aliphatic rings. The van der Waals surface area contributed by atoms with Gasteiger partial charge in [0.25, 0.3) is 0 Å². The molecule has 0 radical (unpaired) electrons. The van der Waals surface area contributed by atoms with E-state index in [0.717, 1.165) is 70.6 Å². The quantitative estimate of drug-likeness (QED) is 0.0324. The molecule has 19 nitrogen and oxygen atoms in total. The zero-order chi connectivity index (χ0) is 47.0. The van der Waals surface area contributed by atoms with Gasteiger partial charge in [-0.15, -0.1) is 0 Å². The Hall–Kier alpha value is -1.73. The number of nitrogens with one attached hydrogen (secondary N) is 1. The van der Waals surface area contributed by atoms with Crippen LogP contribution in [0, 0.1) is 0 Å². The predicted octanol–water partition coefficient (Wildman–Crippen LogP) is 0.0809. The normalized spacial score (nSPS) is 34.7. The molecule has 17 unspecified atom stereocenters. The van der Waals surface area contributed by atoms with Crippen LogP contribution in [0.15, 0.2) is 24.3 Å². The van der Waals surface area contributed by atoms with Crippen molar-refractivity contribution in [2.45, 2.75) is 227 Å². The minimum absolute atomic E-state index is 0.232. The van der Waals surface area contributed by atoms with E-state index in [4.69, 9.17) is 28.4 Å². The highest BCUT2D eigenvalue weighted by molar-refractivity contribution is 5.76. The molecule has 3 heterocycles. The minimum atomic E-state index is -1.97. The van der Waals surface area contributed by atoms with Crippen LogP contribution in [0.5, 0.6) is 0 Å². The van der Waals surface area contributed by atoms with E-state index in [1.807, 2.05) is 6.08 Å². The zero-order valence-corrected chi connectivity index (χ0v) is 37.8. The average molecular weight is 924 g/mol. The molecule has 0 bridgehead atoms. The molecule has 0 aliphatic carbocycles. The number of aliphatic hydroxyl groups excluding tert-OH is 11. The second-order valence-electron chi connectivity index (χ2n) is 17.2. The molecular formula is C45H81NO18. The van der Waals surface area contributed by atoms with Crippen molar-refractivity contribution < 1.29 is 89.4 Å². The van der Waals surface area contributed by atoms with Gasteiger partial charge in [-0.2, -0.15) is 0 Å². The van der Waals surface area contributed by atoms with Gasteiger partial charge in [0.05, 0.1) is 38.6 Å². The van der Waals surface area contributed by atoms with Gasteiger partial charge in [0.15, 0.2) is 18.9 Å². The Morgan fingerprint density at radius 3 is 1.56 bits per heavy atom. The molecule has 0 aromatic carbocycles. The first-order chi connectivity index (χ1) is 30.8. The van der Waals surface area contributed by atoms with Gasteiger partial charge >= 0.3 is 0 Å². The van der Waals surface area contributed by atoms with Gasteiger partial charge in [-0.1, -0.05) is 102 Å². The zero-order valence-electron chi connectivity index (χ0n) is 37.8. The Bertz CT molecular complexity index is 1290. The average Bonchev–Trinajstić information content (AvgIpc) is 3.29. The lowest BCUT2D eigenvalue weighted by atomic mass is 9.96. The van der Waals surface area contributed by atoms with Crippen LogP contribution in [0.4, 0.5) is 0 Å². The summed E-state index contributed by atoms with van der Waals surface area (Å²) in [6.07, 6.45) is -2.03. The molecule has 374 valence electrons. The second kappa shape index (κ2) is 31.3. The van der Waals surface area contributed by atoms with Crippen LogP contribution in [0.3, 0.4) is 0 Å². The second-order valence-corrected chi connectivity index (χ2v) is 17.2. The third kappa shape index (κ3) is 18.1. The highest BCUT2D eigenvalue weighted by Gasteiger charge is 2.53. The standard InChI is InChI=1S/C45H81NO18/c1-3-5-7-9-11-13-14-15-17-19-21-23-33(51)46-28(29(50)22-20-18-16-12-10-8-6-4-2)27-59-43-39(57)36(54)41(31(25-48)61-43)64-45-40(58)37(55)42(32(26-49)62-45)63-44-38(56)35(53)34(52)30(24-47)60-44/h9,11,20,22,28-32,34-45,47-50,52-58H,3-8,10,12-19,21,23-27H2,1-2H3,(H,46,51)/b11-9-,22-20+. The van der Waals surface area contributed by atoms with Crippen LogP contribution in [-0.4, -0.2) is 193 Å². The maximum atomic E-state index is 13.1. The van der Waals surface area contributed by atoms with E-state index >= 15 is 0 Å². The summed E-state index contributed by atoms with van der Waals surface area (Å²) in [5.74, 6) is -0.294. The molecule has 17 atom stereocenters. The van der Waals surface area contributed by atoms with E-state index in [9.17, 15) is 61.0 Å². The monoisotopic (exact) mass is 924 g/mol. The Kier molecular flexibility index (Phi) is 27.7. The first-order valence-corrected chi connectivity index (χ1v) is 23.6. The SMILES string of the molecule is CCCC/C=C\CCCCCCCC(=O)NC(COC1OC(CO)C(OC2OC(CO)C(OC3OC(CO)C(O)C(O)C3O)C(O)C2O)C(O)C1O)C(O)/C=C/CCCCCCCC. The fraction of sp³-hybridized carbons (Fsp3) is 0.889. The third-order valence-corrected chi connectivity index (χ3v) is 12.0. The first kappa shape index (κ1) is 56.6. The Morgan fingerprint density at radius 2 is 1.00 bits per heavy atom. The number of hydrogen-bond donors (Lipinski definition) is 12. The summed E-state index contributed by atoms with van der Waals surface area (Å²) < 4.78 is 33.9. The largest absolute Gasteiger partial charge is 0.394 e. The molecule has 64 heavy (non-hydrogen) atoms. The van der Waals surface area contributed by atoms with Gasteiger partial charge in [-0.25, -0.2) is 0 Å². The van der Waals surface area contributed by atoms with Crippen LogP contribution in [0.1, 0.15) is 123 Å². The van der Waals surface area contributed by atoms with Crippen LogP contribution in [0.25, 0.3) is 0 Å².